The summed E-state index contributed by atoms with van der Waals surface area (Å²) in [5, 5.41) is 2.51. The van der Waals surface area contributed by atoms with Crippen molar-refractivity contribution >= 4 is 17.5 Å². The Kier molecular flexibility index (Phi) is 5.96. The van der Waals surface area contributed by atoms with Crippen LogP contribution in [0.2, 0.25) is 0 Å². The van der Waals surface area contributed by atoms with Crippen LogP contribution in [0.4, 0.5) is 18.9 Å². The van der Waals surface area contributed by atoms with E-state index in [1.54, 1.807) is 4.90 Å². The van der Waals surface area contributed by atoms with E-state index in [2.05, 4.69) is 5.32 Å². The maximum Gasteiger partial charge on any atom is 0.416 e. The zero-order valence-corrected chi connectivity index (χ0v) is 12.7. The molecule has 7 heteroatoms. The Morgan fingerprint density at radius 2 is 1.73 bits per heavy atom. The highest BCUT2D eigenvalue weighted by atomic mass is 19.4. The predicted octanol–water partition coefficient (Wildman–Crippen LogP) is 3.29. The van der Waals surface area contributed by atoms with Crippen LogP contribution < -0.4 is 5.32 Å². The van der Waals surface area contributed by atoms with Crippen LogP contribution in [0.3, 0.4) is 0 Å². The molecule has 0 atom stereocenters. The van der Waals surface area contributed by atoms with Crippen molar-refractivity contribution < 1.29 is 22.8 Å². The molecule has 0 heterocycles. The van der Waals surface area contributed by atoms with Crippen molar-refractivity contribution in [3.8, 4) is 0 Å². The third-order valence-corrected chi connectivity index (χ3v) is 3.10. The Morgan fingerprint density at radius 1 is 1.18 bits per heavy atom. The first-order chi connectivity index (χ1) is 10.1. The first kappa shape index (κ1) is 18.0. The summed E-state index contributed by atoms with van der Waals surface area (Å²) in [5.74, 6) is -0.482. The second kappa shape index (κ2) is 7.29. The van der Waals surface area contributed by atoms with Gasteiger partial charge in [-0.25, -0.2) is 0 Å². The van der Waals surface area contributed by atoms with Gasteiger partial charge in [0.2, 0.25) is 11.8 Å². The highest BCUT2D eigenvalue weighted by Crippen LogP contribution is 2.29. The van der Waals surface area contributed by atoms with E-state index in [-0.39, 0.29) is 36.5 Å². The Bertz CT molecular complexity index is 525. The molecule has 0 aliphatic carbocycles. The maximum absolute atomic E-state index is 12.4. The predicted molar refractivity (Wildman–Crippen MR) is 77.2 cm³/mol. The number of rotatable bonds is 5. The molecule has 0 bridgehead atoms. The Balaban J connectivity index is 2.57. The van der Waals surface area contributed by atoms with Crippen LogP contribution in [-0.4, -0.2) is 29.3 Å². The molecule has 0 aromatic heterocycles. The molecule has 1 rings (SSSR count). The summed E-state index contributed by atoms with van der Waals surface area (Å²) in [6.45, 7) is 5.37. The van der Waals surface area contributed by atoms with E-state index in [0.29, 0.717) is 0 Å². The lowest BCUT2D eigenvalue weighted by Gasteiger charge is -2.24. The number of amides is 2. The second-order valence-corrected chi connectivity index (χ2v) is 5.18. The summed E-state index contributed by atoms with van der Waals surface area (Å²) < 4.78 is 37.3. The van der Waals surface area contributed by atoms with Gasteiger partial charge in [-0.1, -0.05) is 0 Å². The molecular weight excluding hydrogens is 297 g/mol. The van der Waals surface area contributed by atoms with Crippen LogP contribution in [0.5, 0.6) is 0 Å². The topological polar surface area (TPSA) is 49.4 Å². The summed E-state index contributed by atoms with van der Waals surface area (Å²) >= 11 is 0. The lowest BCUT2D eigenvalue weighted by Crippen LogP contribution is -2.37. The van der Waals surface area contributed by atoms with E-state index < -0.39 is 11.7 Å². The van der Waals surface area contributed by atoms with E-state index in [4.69, 9.17) is 0 Å². The van der Waals surface area contributed by atoms with E-state index in [1.165, 1.54) is 19.1 Å². The van der Waals surface area contributed by atoms with Crippen molar-refractivity contribution in [1.29, 1.82) is 0 Å². The quantitative estimate of drug-likeness (QED) is 0.906. The lowest BCUT2D eigenvalue weighted by atomic mass is 10.2. The summed E-state index contributed by atoms with van der Waals surface area (Å²) in [6.07, 6.45) is -4.32. The molecule has 0 aliphatic heterocycles. The molecule has 1 N–H and O–H groups in total. The highest BCUT2D eigenvalue weighted by molar-refractivity contribution is 5.91. The SMILES string of the molecule is CC(=O)N(CCC(=O)Nc1ccc(C(F)(F)F)cc1)C(C)C. The third-order valence-electron chi connectivity index (χ3n) is 3.10. The number of hydrogen-bond donors (Lipinski definition) is 1. The fraction of sp³-hybridized carbons (Fsp3) is 0.467. The first-order valence-corrected chi connectivity index (χ1v) is 6.85. The lowest BCUT2D eigenvalue weighted by molar-refractivity contribution is -0.137. The highest BCUT2D eigenvalue weighted by Gasteiger charge is 2.29. The molecular formula is C15H19F3N2O2. The third kappa shape index (κ3) is 5.38. The van der Waals surface area contributed by atoms with Crippen molar-refractivity contribution in [3.05, 3.63) is 29.8 Å². The van der Waals surface area contributed by atoms with Gasteiger partial charge in [-0.2, -0.15) is 13.2 Å². The van der Waals surface area contributed by atoms with Gasteiger partial charge in [0.15, 0.2) is 0 Å². The molecule has 1 aromatic carbocycles. The van der Waals surface area contributed by atoms with Crippen LogP contribution in [-0.2, 0) is 15.8 Å². The van der Waals surface area contributed by atoms with Crippen LogP contribution in [0.1, 0.15) is 32.8 Å². The van der Waals surface area contributed by atoms with Crippen molar-refractivity contribution in [2.45, 2.75) is 39.4 Å². The van der Waals surface area contributed by atoms with Gasteiger partial charge in [-0.05, 0) is 38.1 Å². The molecule has 0 aliphatic rings. The summed E-state index contributed by atoms with van der Waals surface area (Å²) in [5.41, 5.74) is -0.481. The molecule has 2 amide bonds. The number of nitrogens with zero attached hydrogens (tertiary/aromatic N) is 1. The first-order valence-electron chi connectivity index (χ1n) is 6.85. The number of hydrogen-bond acceptors (Lipinski definition) is 2. The zero-order valence-electron chi connectivity index (χ0n) is 12.7. The number of halogens is 3. The minimum atomic E-state index is -4.40. The van der Waals surface area contributed by atoms with Crippen LogP contribution in [0, 0.1) is 0 Å². The average Bonchev–Trinajstić information content (AvgIpc) is 2.37. The van der Waals surface area contributed by atoms with Crippen molar-refractivity contribution in [3.63, 3.8) is 0 Å². The zero-order chi connectivity index (χ0) is 16.9. The normalized spacial score (nSPS) is 11.4. The minimum absolute atomic E-state index is 0.0173. The maximum atomic E-state index is 12.4. The number of carbonyl (C=O) groups is 2. The number of benzene rings is 1. The minimum Gasteiger partial charge on any atom is -0.340 e. The smallest absolute Gasteiger partial charge is 0.340 e. The molecule has 4 nitrogen and oxygen atoms in total. The van der Waals surface area contributed by atoms with Crippen molar-refractivity contribution in [1.82, 2.24) is 4.90 Å². The molecule has 0 saturated heterocycles. The molecule has 0 unspecified atom stereocenters. The monoisotopic (exact) mass is 316 g/mol. The van der Waals surface area contributed by atoms with Gasteiger partial charge in [0.05, 0.1) is 5.56 Å². The van der Waals surface area contributed by atoms with Crippen LogP contribution >= 0.6 is 0 Å². The molecule has 22 heavy (non-hydrogen) atoms. The van der Waals surface area contributed by atoms with E-state index in [0.717, 1.165) is 12.1 Å². The summed E-state index contributed by atoms with van der Waals surface area (Å²) in [7, 11) is 0. The van der Waals surface area contributed by atoms with Gasteiger partial charge in [0.25, 0.3) is 0 Å². The largest absolute Gasteiger partial charge is 0.416 e. The fourth-order valence-electron chi connectivity index (χ4n) is 1.97. The van der Waals surface area contributed by atoms with Gasteiger partial charge >= 0.3 is 6.18 Å². The Morgan fingerprint density at radius 3 is 2.14 bits per heavy atom. The number of alkyl halides is 3. The molecule has 1 aromatic rings. The van der Waals surface area contributed by atoms with E-state index in [1.807, 2.05) is 13.8 Å². The van der Waals surface area contributed by atoms with Gasteiger partial charge in [0.1, 0.15) is 0 Å². The molecule has 0 radical (unpaired) electrons. The van der Waals surface area contributed by atoms with Crippen molar-refractivity contribution in [2.75, 3.05) is 11.9 Å². The second-order valence-electron chi connectivity index (χ2n) is 5.18. The van der Waals surface area contributed by atoms with E-state index in [9.17, 15) is 22.8 Å². The Hall–Kier alpha value is -2.05. The van der Waals surface area contributed by atoms with Gasteiger partial charge in [-0.15, -0.1) is 0 Å². The van der Waals surface area contributed by atoms with Crippen LogP contribution in [0.25, 0.3) is 0 Å². The molecule has 0 spiro atoms. The average molecular weight is 316 g/mol. The standard InChI is InChI=1S/C15H19F3N2O2/c1-10(2)20(11(3)21)9-8-14(22)19-13-6-4-12(5-7-13)15(16,17)18/h4-7,10H,8-9H2,1-3H3,(H,19,22). The van der Waals surface area contributed by atoms with Crippen molar-refractivity contribution in [2.24, 2.45) is 0 Å². The molecule has 122 valence electrons. The summed E-state index contributed by atoms with van der Waals surface area (Å²) in [4.78, 5) is 24.7. The van der Waals surface area contributed by atoms with Crippen LogP contribution in [0.15, 0.2) is 24.3 Å². The molecule has 0 saturated carbocycles. The van der Waals surface area contributed by atoms with E-state index >= 15 is 0 Å². The number of anilines is 1. The van der Waals surface area contributed by atoms with Gasteiger partial charge in [0, 0.05) is 31.6 Å². The number of nitrogens with one attached hydrogen (secondary N) is 1. The Labute approximate surface area is 127 Å². The summed E-state index contributed by atoms with van der Waals surface area (Å²) in [6, 6.07) is 4.20. The van der Waals surface area contributed by atoms with Gasteiger partial charge < -0.3 is 10.2 Å². The molecule has 0 fully saturated rings. The fourth-order valence-corrected chi connectivity index (χ4v) is 1.97. The number of carbonyl (C=O) groups excluding carboxylic acids is 2. The van der Waals surface area contributed by atoms with Gasteiger partial charge in [-0.3, -0.25) is 9.59 Å².